The van der Waals surface area contributed by atoms with E-state index in [0.29, 0.717) is 32.0 Å². The van der Waals surface area contributed by atoms with Crippen LogP contribution in [0, 0.1) is 5.92 Å². The molecule has 5 heteroatoms. The van der Waals surface area contributed by atoms with Gasteiger partial charge in [0.1, 0.15) is 0 Å². The topological polar surface area (TPSA) is 60.9 Å². The lowest BCUT2D eigenvalue weighted by molar-refractivity contribution is -0.143. The van der Waals surface area contributed by atoms with Gasteiger partial charge in [0, 0.05) is 26.2 Å². The average molecular weight is 226 g/mol. The number of aliphatic carboxylic acids is 1. The Bertz CT molecular complexity index is 294. The molecule has 16 heavy (non-hydrogen) atoms. The largest absolute Gasteiger partial charge is 0.481 e. The molecule has 2 fully saturated rings. The fourth-order valence-corrected chi connectivity index (χ4v) is 2.16. The fourth-order valence-electron chi connectivity index (χ4n) is 2.16. The number of carbonyl (C=O) groups excluding carboxylic acids is 1. The van der Waals surface area contributed by atoms with Gasteiger partial charge in [0.15, 0.2) is 0 Å². The number of piperidine rings is 1. The van der Waals surface area contributed by atoms with Crippen LogP contribution in [0.5, 0.6) is 0 Å². The van der Waals surface area contributed by atoms with Crippen LogP contribution in [0.3, 0.4) is 0 Å². The summed E-state index contributed by atoms with van der Waals surface area (Å²) in [6.07, 6.45) is 3.38. The van der Waals surface area contributed by atoms with E-state index in [1.807, 2.05) is 7.05 Å². The Kier molecular flexibility index (Phi) is 3.03. The fraction of sp³-hybridized carbons (Fsp3) is 0.818. The van der Waals surface area contributed by atoms with Gasteiger partial charge in [0.05, 0.1) is 5.92 Å². The number of nitrogens with zero attached hydrogens (tertiary/aromatic N) is 2. The summed E-state index contributed by atoms with van der Waals surface area (Å²) in [5, 5.41) is 8.86. The van der Waals surface area contributed by atoms with Gasteiger partial charge in [-0.15, -0.1) is 0 Å². The van der Waals surface area contributed by atoms with Crippen LogP contribution in [0.2, 0.25) is 0 Å². The number of hydrogen-bond acceptors (Lipinski definition) is 2. The molecular formula is C11H18N2O3. The molecule has 0 radical (unpaired) electrons. The highest BCUT2D eigenvalue weighted by Crippen LogP contribution is 2.27. The Hall–Kier alpha value is -1.26. The molecule has 1 saturated carbocycles. The van der Waals surface area contributed by atoms with E-state index < -0.39 is 5.97 Å². The summed E-state index contributed by atoms with van der Waals surface area (Å²) in [5.74, 6) is -1.00. The highest BCUT2D eigenvalue weighted by Gasteiger charge is 2.34. The second-order valence-electron chi connectivity index (χ2n) is 4.72. The predicted molar refractivity (Wildman–Crippen MR) is 58.1 cm³/mol. The normalized spacial score (nSPS) is 21.9. The first kappa shape index (κ1) is 11.2. The Morgan fingerprint density at radius 1 is 1.19 bits per heavy atom. The van der Waals surface area contributed by atoms with Crippen molar-refractivity contribution >= 4 is 12.0 Å². The van der Waals surface area contributed by atoms with Crippen LogP contribution >= 0.6 is 0 Å². The zero-order chi connectivity index (χ0) is 11.7. The highest BCUT2D eigenvalue weighted by atomic mass is 16.4. The molecule has 0 aromatic carbocycles. The van der Waals surface area contributed by atoms with Gasteiger partial charge in [-0.05, 0) is 25.7 Å². The second-order valence-corrected chi connectivity index (χ2v) is 4.72. The maximum Gasteiger partial charge on any atom is 0.319 e. The minimum atomic E-state index is -0.734. The minimum Gasteiger partial charge on any atom is -0.481 e. The van der Waals surface area contributed by atoms with Crippen molar-refractivity contribution in [3.8, 4) is 0 Å². The number of amides is 2. The van der Waals surface area contributed by atoms with Crippen LogP contribution < -0.4 is 0 Å². The van der Waals surface area contributed by atoms with Crippen molar-refractivity contribution in [2.45, 2.75) is 31.7 Å². The highest BCUT2D eigenvalue weighted by molar-refractivity contribution is 5.76. The first-order valence-corrected chi connectivity index (χ1v) is 5.84. The van der Waals surface area contributed by atoms with Crippen molar-refractivity contribution in [3.05, 3.63) is 0 Å². The molecule has 2 rings (SSSR count). The number of rotatable bonds is 2. The summed E-state index contributed by atoms with van der Waals surface area (Å²) in [5.41, 5.74) is 0. The first-order valence-electron chi connectivity index (χ1n) is 5.84. The van der Waals surface area contributed by atoms with E-state index in [1.165, 1.54) is 0 Å². The predicted octanol–water partition coefficient (Wildman–Crippen LogP) is 0.997. The van der Waals surface area contributed by atoms with Crippen molar-refractivity contribution < 1.29 is 14.7 Å². The van der Waals surface area contributed by atoms with Crippen LogP contribution in [0.15, 0.2) is 0 Å². The maximum atomic E-state index is 12.0. The van der Waals surface area contributed by atoms with Crippen LogP contribution in [-0.4, -0.2) is 53.1 Å². The summed E-state index contributed by atoms with van der Waals surface area (Å²) < 4.78 is 0. The SMILES string of the molecule is CN(C(=O)N1CCC(C(=O)O)CC1)C1CC1. The molecular weight excluding hydrogens is 208 g/mol. The van der Waals surface area contributed by atoms with Gasteiger partial charge in [-0.2, -0.15) is 0 Å². The average Bonchev–Trinajstić information content (AvgIpc) is 3.11. The van der Waals surface area contributed by atoms with Crippen LogP contribution in [0.1, 0.15) is 25.7 Å². The van der Waals surface area contributed by atoms with Crippen molar-refractivity contribution in [2.75, 3.05) is 20.1 Å². The van der Waals surface area contributed by atoms with Gasteiger partial charge in [-0.25, -0.2) is 4.79 Å². The monoisotopic (exact) mass is 226 g/mol. The Morgan fingerprint density at radius 3 is 2.19 bits per heavy atom. The molecule has 1 aliphatic carbocycles. The summed E-state index contributed by atoms with van der Waals surface area (Å²) in [4.78, 5) is 26.3. The van der Waals surface area contributed by atoms with Crippen LogP contribution in [0.25, 0.3) is 0 Å². The molecule has 0 unspecified atom stereocenters. The van der Waals surface area contributed by atoms with E-state index in [9.17, 15) is 9.59 Å². The van der Waals surface area contributed by atoms with Crippen molar-refractivity contribution in [2.24, 2.45) is 5.92 Å². The second kappa shape index (κ2) is 4.31. The summed E-state index contributed by atoms with van der Waals surface area (Å²) in [7, 11) is 1.84. The minimum absolute atomic E-state index is 0.0614. The molecule has 2 amide bonds. The van der Waals surface area contributed by atoms with E-state index in [1.54, 1.807) is 9.80 Å². The van der Waals surface area contributed by atoms with Crippen molar-refractivity contribution in [1.29, 1.82) is 0 Å². The number of carboxylic acids is 1. The van der Waals surface area contributed by atoms with E-state index in [4.69, 9.17) is 5.11 Å². The standard InChI is InChI=1S/C11H18N2O3/c1-12(9-2-3-9)11(16)13-6-4-8(5-7-13)10(14)15/h8-9H,2-7H2,1H3,(H,14,15). The smallest absolute Gasteiger partial charge is 0.319 e. The number of carbonyl (C=O) groups is 2. The third-order valence-electron chi connectivity index (χ3n) is 3.51. The molecule has 1 heterocycles. The molecule has 90 valence electrons. The molecule has 1 saturated heterocycles. The van der Waals surface area contributed by atoms with E-state index >= 15 is 0 Å². The van der Waals surface area contributed by atoms with Gasteiger partial charge in [-0.1, -0.05) is 0 Å². The number of urea groups is 1. The van der Waals surface area contributed by atoms with Gasteiger partial charge in [0.2, 0.25) is 0 Å². The van der Waals surface area contributed by atoms with Crippen LogP contribution in [0.4, 0.5) is 4.79 Å². The third-order valence-corrected chi connectivity index (χ3v) is 3.51. The zero-order valence-electron chi connectivity index (χ0n) is 9.56. The third kappa shape index (κ3) is 2.28. The molecule has 5 nitrogen and oxygen atoms in total. The summed E-state index contributed by atoms with van der Waals surface area (Å²) in [6.45, 7) is 1.15. The summed E-state index contributed by atoms with van der Waals surface area (Å²) >= 11 is 0. The quantitative estimate of drug-likeness (QED) is 0.764. The molecule has 0 aromatic rings. The van der Waals surface area contributed by atoms with Crippen LogP contribution in [-0.2, 0) is 4.79 Å². The lowest BCUT2D eigenvalue weighted by atomic mass is 9.97. The molecule has 1 aliphatic heterocycles. The Labute approximate surface area is 95.0 Å². The number of carboxylic acid groups (broad SMARTS) is 1. The molecule has 0 bridgehead atoms. The zero-order valence-corrected chi connectivity index (χ0v) is 9.56. The van der Waals surface area contributed by atoms with Gasteiger partial charge in [0.25, 0.3) is 0 Å². The number of likely N-dealkylation sites (tertiary alicyclic amines) is 1. The van der Waals surface area contributed by atoms with Gasteiger partial charge >= 0.3 is 12.0 Å². The van der Waals surface area contributed by atoms with E-state index in [0.717, 1.165) is 12.8 Å². The maximum absolute atomic E-state index is 12.0. The Morgan fingerprint density at radius 2 is 1.75 bits per heavy atom. The molecule has 2 aliphatic rings. The molecule has 0 aromatic heterocycles. The summed E-state index contributed by atoms with van der Waals surface area (Å²) in [6, 6.07) is 0.482. The lowest BCUT2D eigenvalue weighted by Gasteiger charge is -2.33. The Balaban J connectivity index is 1.83. The van der Waals surface area contributed by atoms with Crippen molar-refractivity contribution in [1.82, 2.24) is 9.80 Å². The van der Waals surface area contributed by atoms with E-state index in [2.05, 4.69) is 0 Å². The number of hydrogen-bond donors (Lipinski definition) is 1. The van der Waals surface area contributed by atoms with Crippen molar-refractivity contribution in [3.63, 3.8) is 0 Å². The lowest BCUT2D eigenvalue weighted by Crippen LogP contribution is -2.46. The molecule has 0 atom stereocenters. The molecule has 0 spiro atoms. The molecule has 1 N–H and O–H groups in total. The van der Waals surface area contributed by atoms with Gasteiger partial charge in [-0.3, -0.25) is 4.79 Å². The first-order chi connectivity index (χ1) is 7.59. The van der Waals surface area contributed by atoms with Gasteiger partial charge < -0.3 is 14.9 Å². The van der Waals surface area contributed by atoms with E-state index in [-0.39, 0.29) is 11.9 Å².